The number of carbonyl (C=O) groups excluding carboxylic acids is 2. The van der Waals surface area contributed by atoms with Crippen LogP contribution in [0.5, 0.6) is 0 Å². The van der Waals surface area contributed by atoms with Crippen molar-refractivity contribution in [3.8, 4) is 0 Å². The molecule has 4 heteroatoms. The fourth-order valence-corrected chi connectivity index (χ4v) is 6.45. The van der Waals surface area contributed by atoms with Crippen molar-refractivity contribution in [2.24, 2.45) is 34.5 Å². The predicted molar refractivity (Wildman–Crippen MR) is 84.8 cm³/mol. The Labute approximate surface area is 136 Å². The summed E-state index contributed by atoms with van der Waals surface area (Å²) in [6.07, 6.45) is 6.67. The summed E-state index contributed by atoms with van der Waals surface area (Å²) in [5.41, 5.74) is -0.669. The van der Waals surface area contributed by atoms with Gasteiger partial charge in [-0.25, -0.2) is 4.39 Å². The SMILES string of the molecule is C[C@]12C=C(F)C(=O)C(=N)C1CCC1C2CC[C@]2(C)C(=O)CCC12. The van der Waals surface area contributed by atoms with E-state index >= 15 is 0 Å². The van der Waals surface area contributed by atoms with E-state index in [9.17, 15) is 14.0 Å². The molecule has 3 saturated carbocycles. The minimum Gasteiger partial charge on any atom is -0.301 e. The minimum atomic E-state index is -0.745. The molecule has 0 radical (unpaired) electrons. The quantitative estimate of drug-likeness (QED) is 0.737. The van der Waals surface area contributed by atoms with Gasteiger partial charge in [-0.15, -0.1) is 0 Å². The van der Waals surface area contributed by atoms with Crippen molar-refractivity contribution in [3.63, 3.8) is 0 Å². The summed E-state index contributed by atoms with van der Waals surface area (Å²) in [5, 5.41) is 8.11. The molecule has 4 unspecified atom stereocenters. The maximum Gasteiger partial charge on any atom is 0.234 e. The summed E-state index contributed by atoms with van der Waals surface area (Å²) in [4.78, 5) is 24.2. The first-order valence-corrected chi connectivity index (χ1v) is 8.84. The Morgan fingerprint density at radius 2 is 1.87 bits per heavy atom. The van der Waals surface area contributed by atoms with Gasteiger partial charge in [0.25, 0.3) is 0 Å². The summed E-state index contributed by atoms with van der Waals surface area (Å²) in [6.45, 7) is 4.16. The zero-order chi connectivity index (χ0) is 16.6. The molecule has 0 saturated heterocycles. The Hall–Kier alpha value is -1.32. The van der Waals surface area contributed by atoms with E-state index in [-0.39, 0.29) is 23.0 Å². The number of halogens is 1. The molecule has 0 heterocycles. The summed E-state index contributed by atoms with van der Waals surface area (Å²) >= 11 is 0. The van der Waals surface area contributed by atoms with Crippen LogP contribution in [0, 0.1) is 39.9 Å². The topological polar surface area (TPSA) is 58.0 Å². The van der Waals surface area contributed by atoms with Crippen molar-refractivity contribution < 1.29 is 14.0 Å². The largest absolute Gasteiger partial charge is 0.301 e. The van der Waals surface area contributed by atoms with E-state index in [1.807, 2.05) is 6.92 Å². The smallest absolute Gasteiger partial charge is 0.234 e. The number of allylic oxidation sites excluding steroid dienone is 2. The lowest BCUT2D eigenvalue weighted by molar-refractivity contribution is -0.133. The van der Waals surface area contributed by atoms with Crippen LogP contribution in [0.3, 0.4) is 0 Å². The molecule has 0 aliphatic heterocycles. The van der Waals surface area contributed by atoms with Gasteiger partial charge in [-0.2, -0.15) is 0 Å². The Bertz CT molecular complexity index is 654. The number of rotatable bonds is 0. The highest BCUT2D eigenvalue weighted by molar-refractivity contribution is 6.45. The highest BCUT2D eigenvalue weighted by Crippen LogP contribution is 2.64. The molecule has 4 rings (SSSR count). The highest BCUT2D eigenvalue weighted by Gasteiger charge is 2.61. The highest BCUT2D eigenvalue weighted by atomic mass is 19.1. The van der Waals surface area contributed by atoms with Crippen molar-refractivity contribution in [2.45, 2.75) is 52.4 Å². The Morgan fingerprint density at radius 1 is 1.13 bits per heavy atom. The zero-order valence-electron chi connectivity index (χ0n) is 13.8. The van der Waals surface area contributed by atoms with Crippen LogP contribution in [0.4, 0.5) is 4.39 Å². The first-order valence-electron chi connectivity index (χ1n) is 8.84. The van der Waals surface area contributed by atoms with Crippen molar-refractivity contribution in [1.82, 2.24) is 0 Å². The van der Waals surface area contributed by atoms with Gasteiger partial charge in [0, 0.05) is 23.2 Å². The van der Waals surface area contributed by atoms with Gasteiger partial charge in [0.05, 0.1) is 5.71 Å². The minimum absolute atomic E-state index is 0.0400. The second-order valence-corrected chi connectivity index (χ2v) is 8.53. The van der Waals surface area contributed by atoms with E-state index in [0.717, 1.165) is 32.1 Å². The second-order valence-electron chi connectivity index (χ2n) is 8.53. The van der Waals surface area contributed by atoms with Crippen LogP contribution in [-0.2, 0) is 9.59 Å². The number of fused-ring (bicyclic) bond motifs is 5. The third kappa shape index (κ3) is 1.78. The molecule has 4 aliphatic rings. The summed E-state index contributed by atoms with van der Waals surface area (Å²) in [6, 6.07) is 0. The van der Waals surface area contributed by atoms with Gasteiger partial charge in [0.1, 0.15) is 5.78 Å². The van der Waals surface area contributed by atoms with Crippen LogP contribution in [-0.4, -0.2) is 17.3 Å². The van der Waals surface area contributed by atoms with Gasteiger partial charge in [-0.05, 0) is 55.9 Å². The molecule has 1 N–H and O–H groups in total. The lowest BCUT2D eigenvalue weighted by atomic mass is 9.46. The fourth-order valence-electron chi connectivity index (χ4n) is 6.45. The van der Waals surface area contributed by atoms with E-state index in [0.29, 0.717) is 24.0 Å². The Kier molecular flexibility index (Phi) is 3.05. The molecule has 3 fully saturated rings. The molecule has 3 nitrogen and oxygen atoms in total. The van der Waals surface area contributed by atoms with Gasteiger partial charge in [-0.1, -0.05) is 13.8 Å². The van der Waals surface area contributed by atoms with Gasteiger partial charge in [0.15, 0.2) is 5.83 Å². The molecular formula is C19H24FNO2. The maximum absolute atomic E-state index is 14.1. The van der Waals surface area contributed by atoms with E-state index < -0.39 is 17.0 Å². The van der Waals surface area contributed by atoms with Crippen LogP contribution in [0.15, 0.2) is 11.9 Å². The number of hydrogen-bond donors (Lipinski definition) is 1. The van der Waals surface area contributed by atoms with Gasteiger partial charge in [0.2, 0.25) is 5.78 Å². The molecule has 0 aromatic heterocycles. The van der Waals surface area contributed by atoms with Crippen LogP contribution in [0.2, 0.25) is 0 Å². The molecule has 0 bridgehead atoms. The average molecular weight is 317 g/mol. The van der Waals surface area contributed by atoms with E-state index in [4.69, 9.17) is 5.41 Å². The molecule has 0 amide bonds. The number of ketones is 2. The van der Waals surface area contributed by atoms with E-state index in [1.165, 1.54) is 6.08 Å². The number of hydrogen-bond acceptors (Lipinski definition) is 3. The molecule has 0 spiro atoms. The van der Waals surface area contributed by atoms with Crippen molar-refractivity contribution in [2.75, 3.05) is 0 Å². The van der Waals surface area contributed by atoms with Crippen LogP contribution < -0.4 is 0 Å². The molecule has 4 aliphatic carbocycles. The second kappa shape index (κ2) is 4.61. The van der Waals surface area contributed by atoms with Gasteiger partial charge < -0.3 is 5.41 Å². The molecule has 23 heavy (non-hydrogen) atoms. The van der Waals surface area contributed by atoms with Crippen molar-refractivity contribution in [3.05, 3.63) is 11.9 Å². The Balaban J connectivity index is 1.75. The van der Waals surface area contributed by atoms with Crippen LogP contribution in [0.1, 0.15) is 52.4 Å². The molecular weight excluding hydrogens is 293 g/mol. The number of carbonyl (C=O) groups is 2. The average Bonchev–Trinajstić information content (AvgIpc) is 2.80. The van der Waals surface area contributed by atoms with E-state index in [1.54, 1.807) is 0 Å². The maximum atomic E-state index is 14.1. The lowest BCUT2D eigenvalue weighted by Gasteiger charge is -2.57. The molecule has 0 aromatic carbocycles. The summed E-state index contributed by atoms with van der Waals surface area (Å²) < 4.78 is 14.1. The van der Waals surface area contributed by atoms with Crippen LogP contribution >= 0.6 is 0 Å². The van der Waals surface area contributed by atoms with Crippen molar-refractivity contribution >= 4 is 17.3 Å². The van der Waals surface area contributed by atoms with Gasteiger partial charge >= 0.3 is 0 Å². The van der Waals surface area contributed by atoms with Crippen LogP contribution in [0.25, 0.3) is 0 Å². The lowest BCUT2D eigenvalue weighted by Crippen LogP contribution is -2.55. The van der Waals surface area contributed by atoms with E-state index in [2.05, 4.69) is 6.92 Å². The van der Waals surface area contributed by atoms with Crippen molar-refractivity contribution in [1.29, 1.82) is 5.41 Å². The fraction of sp³-hybridized carbons (Fsp3) is 0.737. The first kappa shape index (κ1) is 15.2. The third-order valence-electron chi connectivity index (χ3n) is 7.73. The summed E-state index contributed by atoms with van der Waals surface area (Å²) in [7, 11) is 0. The monoisotopic (exact) mass is 317 g/mol. The standard InChI is InChI=1S/C19H24FNO2/c1-18-8-7-12-10(11(18)5-6-15(18)22)3-4-13-16(21)17(23)14(20)9-19(12,13)2/h9-13,21H,3-8H2,1-2H3/t10?,11?,12?,13?,18-,19+/m0/s1. The zero-order valence-corrected chi connectivity index (χ0v) is 13.8. The Morgan fingerprint density at radius 3 is 2.61 bits per heavy atom. The molecule has 6 atom stereocenters. The predicted octanol–water partition coefficient (Wildman–Crippen LogP) is 3.87. The number of nitrogens with one attached hydrogen (secondary N) is 1. The van der Waals surface area contributed by atoms with Gasteiger partial charge in [-0.3, -0.25) is 9.59 Å². The molecule has 124 valence electrons. The molecule has 0 aromatic rings. The third-order valence-corrected chi connectivity index (χ3v) is 7.73. The number of Topliss-reactive ketones (excluding diaryl/α,β-unsaturated/α-hetero) is 2. The first-order chi connectivity index (χ1) is 10.8. The normalized spacial score (nSPS) is 49.3. The summed E-state index contributed by atoms with van der Waals surface area (Å²) in [5.74, 6) is -0.114.